The lowest BCUT2D eigenvalue weighted by molar-refractivity contribution is -0.112. The summed E-state index contributed by atoms with van der Waals surface area (Å²) in [7, 11) is 1.00. The van der Waals surface area contributed by atoms with Gasteiger partial charge in [0.2, 0.25) is 0 Å². The Kier molecular flexibility index (Phi) is 7.05. The van der Waals surface area contributed by atoms with Crippen LogP contribution in [0.1, 0.15) is 39.2 Å². The number of likely N-dealkylation sites (tertiary alicyclic amines) is 1. The average Bonchev–Trinajstić information content (AvgIpc) is 2.97. The minimum atomic E-state index is 0.0561. The molecule has 21 heavy (non-hydrogen) atoms. The van der Waals surface area contributed by atoms with Gasteiger partial charge in [-0.15, -0.1) is 0 Å². The van der Waals surface area contributed by atoms with Crippen molar-refractivity contribution < 1.29 is 9.90 Å². The highest BCUT2D eigenvalue weighted by Crippen LogP contribution is 2.16. The first-order valence-electron chi connectivity index (χ1n) is 7.65. The molecule has 0 aliphatic carbocycles. The maximum absolute atomic E-state index is 10.7. The lowest BCUT2D eigenvalue weighted by Crippen LogP contribution is -2.35. The zero-order chi connectivity index (χ0) is 15.9. The summed E-state index contributed by atoms with van der Waals surface area (Å²) in [4.78, 5) is 13.2. The van der Waals surface area contributed by atoms with Crippen molar-refractivity contribution in [1.29, 1.82) is 0 Å². The zero-order valence-corrected chi connectivity index (χ0v) is 13.7. The van der Waals surface area contributed by atoms with Gasteiger partial charge in [-0.2, -0.15) is 5.10 Å². The zero-order valence-electron chi connectivity index (χ0n) is 13.7. The van der Waals surface area contributed by atoms with Crippen molar-refractivity contribution in [1.82, 2.24) is 14.7 Å². The third kappa shape index (κ3) is 5.59. The molecule has 0 aromatic carbocycles. The summed E-state index contributed by atoms with van der Waals surface area (Å²) in [6.45, 7) is 9.66. The number of hydrogen-bond acceptors (Lipinski definition) is 4. The topological polar surface area (TPSA) is 58.4 Å². The average molecular weight is 295 g/mol. The van der Waals surface area contributed by atoms with Crippen molar-refractivity contribution in [3.05, 3.63) is 18.0 Å². The summed E-state index contributed by atoms with van der Waals surface area (Å²) < 4.78 is 2.03. The van der Waals surface area contributed by atoms with Crippen LogP contribution in [0.2, 0.25) is 0 Å². The summed E-state index contributed by atoms with van der Waals surface area (Å²) in [6, 6.07) is 0. The van der Waals surface area contributed by atoms with Gasteiger partial charge in [0.1, 0.15) is 6.29 Å². The molecule has 120 valence electrons. The van der Waals surface area contributed by atoms with E-state index in [0.29, 0.717) is 5.92 Å². The Morgan fingerprint density at radius 3 is 2.43 bits per heavy atom. The van der Waals surface area contributed by atoms with E-state index in [9.17, 15) is 4.79 Å². The van der Waals surface area contributed by atoms with Gasteiger partial charge in [0.25, 0.3) is 0 Å². The monoisotopic (exact) mass is 295 g/mol. The molecule has 0 radical (unpaired) electrons. The second-order valence-corrected chi connectivity index (χ2v) is 6.53. The highest BCUT2D eigenvalue weighted by molar-refractivity contribution is 5.53. The number of aromatic nitrogens is 2. The second-order valence-electron chi connectivity index (χ2n) is 6.53. The minimum absolute atomic E-state index is 0.0561. The van der Waals surface area contributed by atoms with Gasteiger partial charge >= 0.3 is 0 Å². The number of carbonyl (C=O) groups excluding carboxylic acids is 1. The van der Waals surface area contributed by atoms with Crippen LogP contribution in [0.15, 0.2) is 12.4 Å². The number of piperidine rings is 1. The maximum atomic E-state index is 10.7. The van der Waals surface area contributed by atoms with E-state index in [1.54, 1.807) is 0 Å². The Bertz CT molecular complexity index is 415. The molecule has 0 spiro atoms. The van der Waals surface area contributed by atoms with Crippen molar-refractivity contribution in [2.75, 3.05) is 26.7 Å². The highest BCUT2D eigenvalue weighted by Gasteiger charge is 2.18. The van der Waals surface area contributed by atoms with E-state index in [2.05, 4.69) is 37.0 Å². The molecule has 1 saturated heterocycles. The van der Waals surface area contributed by atoms with Crippen molar-refractivity contribution in [2.24, 2.45) is 5.92 Å². The van der Waals surface area contributed by atoms with Crippen molar-refractivity contribution >= 4 is 6.29 Å². The first-order valence-corrected chi connectivity index (χ1v) is 7.65. The molecule has 2 heterocycles. The van der Waals surface area contributed by atoms with Crippen LogP contribution in [0.25, 0.3) is 0 Å². The first-order chi connectivity index (χ1) is 9.99. The van der Waals surface area contributed by atoms with Crippen LogP contribution in [0.4, 0.5) is 0 Å². The minimum Gasteiger partial charge on any atom is -0.400 e. The molecule has 0 atom stereocenters. The Hall–Kier alpha value is -1.20. The van der Waals surface area contributed by atoms with E-state index < -0.39 is 0 Å². The van der Waals surface area contributed by atoms with Crippen LogP contribution in [-0.2, 0) is 16.8 Å². The van der Waals surface area contributed by atoms with Crippen LogP contribution in [-0.4, -0.2) is 52.8 Å². The fourth-order valence-corrected chi connectivity index (χ4v) is 2.46. The normalized spacial score (nSPS) is 17.2. The molecule has 1 aliphatic rings. The lowest BCUT2D eigenvalue weighted by atomic mass is 9.98. The van der Waals surface area contributed by atoms with Gasteiger partial charge in [0.05, 0.1) is 11.7 Å². The van der Waals surface area contributed by atoms with E-state index in [-0.39, 0.29) is 5.54 Å². The Labute approximate surface area is 127 Å². The molecule has 1 aromatic heterocycles. The quantitative estimate of drug-likeness (QED) is 0.859. The van der Waals surface area contributed by atoms with E-state index in [0.717, 1.165) is 52.3 Å². The molecule has 1 aromatic rings. The number of carbonyl (C=O) groups is 1. The van der Waals surface area contributed by atoms with E-state index in [1.807, 2.05) is 10.9 Å². The van der Waals surface area contributed by atoms with Crippen molar-refractivity contribution in [2.45, 2.75) is 45.6 Å². The van der Waals surface area contributed by atoms with Gasteiger partial charge in [-0.25, -0.2) is 0 Å². The van der Waals surface area contributed by atoms with Crippen molar-refractivity contribution in [3.63, 3.8) is 0 Å². The molecule has 5 heteroatoms. The third-order valence-corrected chi connectivity index (χ3v) is 3.86. The van der Waals surface area contributed by atoms with Crippen LogP contribution < -0.4 is 0 Å². The van der Waals surface area contributed by atoms with Crippen LogP contribution in [0, 0.1) is 5.92 Å². The Morgan fingerprint density at radius 1 is 1.33 bits per heavy atom. The molecule has 0 bridgehead atoms. The highest BCUT2D eigenvalue weighted by atomic mass is 16.2. The van der Waals surface area contributed by atoms with E-state index >= 15 is 0 Å². The van der Waals surface area contributed by atoms with Gasteiger partial charge in [-0.3, -0.25) is 4.68 Å². The van der Waals surface area contributed by atoms with Gasteiger partial charge in [0, 0.05) is 25.8 Å². The van der Waals surface area contributed by atoms with Crippen molar-refractivity contribution in [3.8, 4) is 0 Å². The molecular formula is C16H29N3O2. The predicted octanol–water partition coefficient (Wildman–Crippen LogP) is 1.70. The van der Waals surface area contributed by atoms with Gasteiger partial charge in [-0.1, -0.05) is 0 Å². The summed E-state index contributed by atoms with van der Waals surface area (Å²) in [6.07, 6.45) is 8.32. The molecule has 0 unspecified atom stereocenters. The number of aldehydes is 1. The SMILES string of the molecule is CC(C)(C)n1cc(CCN2CCC(C=O)CC2)cn1.CO. The number of aliphatic hydroxyl groups is 1. The number of rotatable bonds is 4. The molecule has 0 amide bonds. The molecule has 1 aliphatic heterocycles. The standard InChI is InChI=1S/C15H25N3O.CH4O/c1-15(2,3)18-11-14(10-16-18)6-9-17-7-4-13(12-19)5-8-17;1-2/h10-13H,4-9H2,1-3H3;2H,1H3. The summed E-state index contributed by atoms with van der Waals surface area (Å²) >= 11 is 0. The summed E-state index contributed by atoms with van der Waals surface area (Å²) in [5, 5.41) is 11.4. The Morgan fingerprint density at radius 2 is 1.95 bits per heavy atom. The summed E-state index contributed by atoms with van der Waals surface area (Å²) in [5.41, 5.74) is 1.35. The molecular weight excluding hydrogens is 266 g/mol. The van der Waals surface area contributed by atoms with Gasteiger partial charge in [0.15, 0.2) is 0 Å². The molecule has 2 rings (SSSR count). The number of aliphatic hydroxyl groups excluding tert-OH is 1. The van der Waals surface area contributed by atoms with Crippen LogP contribution >= 0.6 is 0 Å². The molecule has 0 saturated carbocycles. The maximum Gasteiger partial charge on any atom is 0.123 e. The third-order valence-electron chi connectivity index (χ3n) is 3.86. The molecule has 1 N–H and O–H groups in total. The second kappa shape index (κ2) is 8.29. The van der Waals surface area contributed by atoms with E-state index in [1.165, 1.54) is 5.56 Å². The van der Waals surface area contributed by atoms with Crippen LogP contribution in [0.5, 0.6) is 0 Å². The van der Waals surface area contributed by atoms with E-state index in [4.69, 9.17) is 5.11 Å². The number of hydrogen-bond donors (Lipinski definition) is 1. The number of nitrogens with zero attached hydrogens (tertiary/aromatic N) is 3. The van der Waals surface area contributed by atoms with Gasteiger partial charge < -0.3 is 14.8 Å². The summed E-state index contributed by atoms with van der Waals surface area (Å²) in [5.74, 6) is 0.292. The first kappa shape index (κ1) is 17.9. The fraction of sp³-hybridized carbons (Fsp3) is 0.750. The fourth-order valence-electron chi connectivity index (χ4n) is 2.46. The molecule has 5 nitrogen and oxygen atoms in total. The lowest BCUT2D eigenvalue weighted by Gasteiger charge is -2.29. The smallest absolute Gasteiger partial charge is 0.123 e. The Balaban J connectivity index is 0.00000106. The van der Waals surface area contributed by atoms with Crippen LogP contribution in [0.3, 0.4) is 0 Å². The largest absolute Gasteiger partial charge is 0.400 e. The predicted molar refractivity (Wildman–Crippen MR) is 84.3 cm³/mol. The van der Waals surface area contributed by atoms with Gasteiger partial charge in [-0.05, 0) is 58.7 Å². The molecule has 1 fully saturated rings.